The molecule has 9 nitrogen and oxygen atoms in total. The summed E-state index contributed by atoms with van der Waals surface area (Å²) in [7, 11) is 0. The van der Waals surface area contributed by atoms with E-state index in [1.165, 1.54) is 24.3 Å². The molecule has 0 bridgehead atoms. The van der Waals surface area contributed by atoms with E-state index in [0.717, 1.165) is 0 Å². The van der Waals surface area contributed by atoms with E-state index in [9.17, 15) is 19.2 Å². The van der Waals surface area contributed by atoms with Crippen molar-refractivity contribution < 1.29 is 33.4 Å². The summed E-state index contributed by atoms with van der Waals surface area (Å²) in [6.07, 6.45) is 0. The van der Waals surface area contributed by atoms with Gasteiger partial charge in [-0.1, -0.05) is 42.5 Å². The predicted octanol–water partition coefficient (Wildman–Crippen LogP) is 3.19. The molecule has 0 spiro atoms. The number of rotatable bonds is 6. The number of imide groups is 1. The molecule has 3 aromatic rings. The Morgan fingerprint density at radius 1 is 0.765 bits per heavy atom. The largest absolute Gasteiger partial charge is 0.486 e. The van der Waals surface area contributed by atoms with Gasteiger partial charge < -0.3 is 19.5 Å². The molecule has 0 unspecified atom stereocenters. The molecule has 0 atom stereocenters. The highest BCUT2D eigenvalue weighted by Crippen LogP contribution is 2.32. The Morgan fingerprint density at radius 3 is 2.15 bits per heavy atom. The summed E-state index contributed by atoms with van der Waals surface area (Å²) in [5.74, 6) is -0.692. The molecule has 1 heterocycles. The Balaban J connectivity index is 1.25. The van der Waals surface area contributed by atoms with Crippen molar-refractivity contribution in [2.75, 3.05) is 25.1 Å². The molecule has 0 saturated heterocycles. The molecule has 3 amide bonds. The van der Waals surface area contributed by atoms with Crippen LogP contribution in [0.15, 0.2) is 72.8 Å². The van der Waals surface area contributed by atoms with Crippen LogP contribution in [-0.4, -0.2) is 43.5 Å². The zero-order valence-electron chi connectivity index (χ0n) is 17.9. The summed E-state index contributed by atoms with van der Waals surface area (Å²) in [4.78, 5) is 48.6. The third-order valence-corrected chi connectivity index (χ3v) is 4.81. The van der Waals surface area contributed by atoms with Crippen molar-refractivity contribution in [2.24, 2.45) is 0 Å². The van der Waals surface area contributed by atoms with Crippen molar-refractivity contribution in [3.63, 3.8) is 0 Å². The number of ketones is 1. The number of ether oxygens (including phenoxy) is 3. The first-order chi connectivity index (χ1) is 16.5. The molecule has 3 aromatic carbocycles. The lowest BCUT2D eigenvalue weighted by molar-refractivity contribution is -0.123. The lowest BCUT2D eigenvalue weighted by atomic mass is 10.0. The molecule has 172 valence electrons. The summed E-state index contributed by atoms with van der Waals surface area (Å²) in [5.41, 5.74) is 1.51. The van der Waals surface area contributed by atoms with Crippen LogP contribution in [0.3, 0.4) is 0 Å². The third-order valence-electron chi connectivity index (χ3n) is 4.81. The fraction of sp³-hybridized carbons (Fsp3) is 0.120. The van der Waals surface area contributed by atoms with Gasteiger partial charge in [0, 0.05) is 22.9 Å². The number of hydrogen-bond acceptors (Lipinski definition) is 7. The Morgan fingerprint density at radius 2 is 1.41 bits per heavy atom. The van der Waals surface area contributed by atoms with E-state index in [2.05, 4.69) is 10.6 Å². The quantitative estimate of drug-likeness (QED) is 0.428. The van der Waals surface area contributed by atoms with Crippen LogP contribution in [0.1, 0.15) is 26.3 Å². The zero-order valence-corrected chi connectivity index (χ0v) is 17.9. The number of fused-ring (bicyclic) bond motifs is 1. The summed E-state index contributed by atoms with van der Waals surface area (Å²) >= 11 is 0. The molecule has 0 aliphatic carbocycles. The first-order valence-corrected chi connectivity index (χ1v) is 10.4. The number of benzene rings is 3. The Bertz CT molecular complexity index is 1220. The van der Waals surface area contributed by atoms with Crippen LogP contribution < -0.4 is 20.1 Å². The van der Waals surface area contributed by atoms with Crippen LogP contribution >= 0.6 is 0 Å². The SMILES string of the molecule is O=C(COC(=O)c1ccc(C(=O)c2ccccc2)cc1)NC(=O)Nc1ccc2c(c1)OCCO2. The van der Waals surface area contributed by atoms with E-state index in [0.29, 0.717) is 41.5 Å². The number of anilines is 1. The van der Waals surface area contributed by atoms with Gasteiger partial charge in [-0.3, -0.25) is 14.9 Å². The molecule has 0 fully saturated rings. The average Bonchev–Trinajstić information content (AvgIpc) is 2.87. The summed E-state index contributed by atoms with van der Waals surface area (Å²) in [5, 5.41) is 4.57. The van der Waals surface area contributed by atoms with Gasteiger partial charge in [-0.2, -0.15) is 0 Å². The topological polar surface area (TPSA) is 120 Å². The van der Waals surface area contributed by atoms with Crippen molar-refractivity contribution in [2.45, 2.75) is 0 Å². The van der Waals surface area contributed by atoms with Crippen LogP contribution in [-0.2, 0) is 9.53 Å². The number of urea groups is 1. The van der Waals surface area contributed by atoms with Gasteiger partial charge in [-0.25, -0.2) is 9.59 Å². The second-order valence-electron chi connectivity index (χ2n) is 7.21. The Hall–Kier alpha value is -4.66. The summed E-state index contributed by atoms with van der Waals surface area (Å²) in [6, 6.07) is 18.7. The van der Waals surface area contributed by atoms with Gasteiger partial charge in [-0.15, -0.1) is 0 Å². The molecule has 0 aromatic heterocycles. The van der Waals surface area contributed by atoms with Crippen molar-refractivity contribution in [1.29, 1.82) is 0 Å². The van der Waals surface area contributed by atoms with Gasteiger partial charge in [0.25, 0.3) is 5.91 Å². The second kappa shape index (κ2) is 10.3. The summed E-state index contributed by atoms with van der Waals surface area (Å²) in [6.45, 7) is 0.195. The Labute approximate surface area is 194 Å². The maximum Gasteiger partial charge on any atom is 0.338 e. The number of carbonyl (C=O) groups is 4. The van der Waals surface area contributed by atoms with E-state index >= 15 is 0 Å². The van der Waals surface area contributed by atoms with E-state index in [1.807, 2.05) is 6.07 Å². The van der Waals surface area contributed by atoms with Crippen molar-refractivity contribution in [1.82, 2.24) is 5.32 Å². The highest BCUT2D eigenvalue weighted by Gasteiger charge is 2.16. The number of carbonyl (C=O) groups excluding carboxylic acids is 4. The van der Waals surface area contributed by atoms with Crippen LogP contribution in [0, 0.1) is 0 Å². The lowest BCUT2D eigenvalue weighted by Crippen LogP contribution is -2.37. The molecule has 4 rings (SSSR count). The highest BCUT2D eigenvalue weighted by atomic mass is 16.6. The molecule has 0 radical (unpaired) electrons. The van der Waals surface area contributed by atoms with Crippen LogP contribution in [0.4, 0.5) is 10.5 Å². The van der Waals surface area contributed by atoms with Gasteiger partial charge in [0.15, 0.2) is 23.9 Å². The maximum absolute atomic E-state index is 12.4. The zero-order chi connectivity index (χ0) is 23.9. The minimum atomic E-state index is -0.806. The maximum atomic E-state index is 12.4. The first kappa shape index (κ1) is 22.5. The van der Waals surface area contributed by atoms with E-state index in [1.54, 1.807) is 42.5 Å². The molecule has 1 aliphatic rings. The van der Waals surface area contributed by atoms with Gasteiger partial charge in [0.2, 0.25) is 0 Å². The third kappa shape index (κ3) is 5.57. The number of amides is 3. The minimum Gasteiger partial charge on any atom is -0.486 e. The normalized spacial score (nSPS) is 11.8. The molecule has 2 N–H and O–H groups in total. The van der Waals surface area contributed by atoms with Gasteiger partial charge in [0.1, 0.15) is 13.2 Å². The molecule has 1 aliphatic heterocycles. The van der Waals surface area contributed by atoms with E-state index in [-0.39, 0.29) is 11.3 Å². The smallest absolute Gasteiger partial charge is 0.338 e. The van der Waals surface area contributed by atoms with Gasteiger partial charge in [-0.05, 0) is 24.3 Å². The minimum absolute atomic E-state index is 0.165. The molecular formula is C25H20N2O7. The number of esters is 1. The van der Waals surface area contributed by atoms with Gasteiger partial charge >= 0.3 is 12.0 Å². The fourth-order valence-electron chi connectivity index (χ4n) is 3.17. The first-order valence-electron chi connectivity index (χ1n) is 10.4. The van der Waals surface area contributed by atoms with Crippen molar-refractivity contribution in [3.8, 4) is 11.5 Å². The second-order valence-corrected chi connectivity index (χ2v) is 7.21. The monoisotopic (exact) mass is 460 g/mol. The molecule has 34 heavy (non-hydrogen) atoms. The molecule has 0 saturated carbocycles. The number of hydrogen-bond donors (Lipinski definition) is 2. The van der Waals surface area contributed by atoms with E-state index < -0.39 is 24.5 Å². The molecule has 9 heteroatoms. The highest BCUT2D eigenvalue weighted by molar-refractivity contribution is 6.09. The fourth-order valence-corrected chi connectivity index (χ4v) is 3.17. The standard InChI is InChI=1S/C25H20N2O7/c28-22(27-25(31)26-19-10-11-20-21(14-19)33-13-12-32-20)15-34-24(30)18-8-6-17(7-9-18)23(29)16-4-2-1-3-5-16/h1-11,14H,12-13,15H2,(H2,26,27,28,31). The summed E-state index contributed by atoms with van der Waals surface area (Å²) < 4.78 is 15.8. The molecular weight excluding hydrogens is 440 g/mol. The number of nitrogens with one attached hydrogen (secondary N) is 2. The van der Waals surface area contributed by atoms with E-state index in [4.69, 9.17) is 14.2 Å². The average molecular weight is 460 g/mol. The van der Waals surface area contributed by atoms with Crippen molar-refractivity contribution in [3.05, 3.63) is 89.5 Å². The van der Waals surface area contributed by atoms with Crippen LogP contribution in [0.5, 0.6) is 11.5 Å². The lowest BCUT2D eigenvalue weighted by Gasteiger charge is -2.19. The van der Waals surface area contributed by atoms with Gasteiger partial charge in [0.05, 0.1) is 5.56 Å². The van der Waals surface area contributed by atoms with Crippen LogP contribution in [0.25, 0.3) is 0 Å². The Kier molecular flexibility index (Phi) is 6.83. The van der Waals surface area contributed by atoms with Crippen molar-refractivity contribution >= 4 is 29.4 Å². The predicted molar refractivity (Wildman–Crippen MR) is 121 cm³/mol. The van der Waals surface area contributed by atoms with Crippen LogP contribution in [0.2, 0.25) is 0 Å².